The predicted molar refractivity (Wildman–Crippen MR) is 320 cm³/mol. The third kappa shape index (κ3) is 59.4. The van der Waals surface area contributed by atoms with Gasteiger partial charge in [0, 0.05) is 12.8 Å². The van der Waals surface area contributed by atoms with Gasteiger partial charge in [0.2, 0.25) is 5.91 Å². The summed E-state index contributed by atoms with van der Waals surface area (Å²) in [7, 11) is 0. The molecule has 0 rings (SSSR count). The third-order valence-electron chi connectivity index (χ3n) is 15.5. The molecule has 0 bridgehead atoms. The fourth-order valence-electron chi connectivity index (χ4n) is 10.4. The maximum Gasteiger partial charge on any atom is 0.305 e. The Bertz CT molecular complexity index is 1140. The highest BCUT2D eigenvalue weighted by atomic mass is 16.5. The number of allylic oxidation sites excluding steroid dienone is 3. The van der Waals surface area contributed by atoms with E-state index in [-0.39, 0.29) is 18.5 Å². The lowest BCUT2D eigenvalue weighted by atomic mass is 10.0. The molecule has 432 valence electrons. The van der Waals surface area contributed by atoms with Crippen molar-refractivity contribution in [2.24, 2.45) is 0 Å². The average Bonchev–Trinajstić information content (AvgIpc) is 3.39. The summed E-state index contributed by atoms with van der Waals surface area (Å²) in [5.41, 5.74) is 0. The first-order valence-corrected chi connectivity index (χ1v) is 33.1. The Labute approximate surface area is 456 Å². The van der Waals surface area contributed by atoms with Gasteiger partial charge in [-0.25, -0.2) is 0 Å². The number of carbonyl (C=O) groups excluding carboxylic acids is 2. The van der Waals surface area contributed by atoms with Gasteiger partial charge in [-0.2, -0.15) is 0 Å². The van der Waals surface area contributed by atoms with E-state index in [4.69, 9.17) is 4.74 Å². The SMILES string of the molecule is CCCCCCCC/C=C\CCCCCCCC(=O)OCCCCCCCCCCCCCCCCCCCCCC(=O)NC(CO)C(O)/C=C/CCCCCCCCCCCCCCCCCCCCCC. The fraction of sp³-hybridized carbons (Fsp3) is 0.910. The number of nitrogens with one attached hydrogen (secondary N) is 1. The fourth-order valence-corrected chi connectivity index (χ4v) is 10.4. The van der Waals surface area contributed by atoms with Gasteiger partial charge in [-0.3, -0.25) is 9.59 Å². The Morgan fingerprint density at radius 2 is 0.644 bits per heavy atom. The van der Waals surface area contributed by atoms with E-state index in [2.05, 4.69) is 31.3 Å². The van der Waals surface area contributed by atoms with Gasteiger partial charge in [-0.15, -0.1) is 0 Å². The second-order valence-corrected chi connectivity index (χ2v) is 22.8. The van der Waals surface area contributed by atoms with Crippen LogP contribution in [0.3, 0.4) is 0 Å². The molecule has 2 atom stereocenters. The van der Waals surface area contributed by atoms with Crippen molar-refractivity contribution in [3.8, 4) is 0 Å². The number of esters is 1. The van der Waals surface area contributed by atoms with Crippen molar-refractivity contribution >= 4 is 11.9 Å². The molecule has 0 fully saturated rings. The van der Waals surface area contributed by atoms with Gasteiger partial charge in [0.15, 0.2) is 0 Å². The first kappa shape index (κ1) is 71.3. The zero-order valence-corrected chi connectivity index (χ0v) is 49.4. The largest absolute Gasteiger partial charge is 0.466 e. The highest BCUT2D eigenvalue weighted by Gasteiger charge is 2.18. The van der Waals surface area contributed by atoms with E-state index in [0.717, 1.165) is 44.9 Å². The molecular formula is C67H129NO5. The molecule has 0 aliphatic heterocycles. The van der Waals surface area contributed by atoms with E-state index in [0.29, 0.717) is 19.4 Å². The van der Waals surface area contributed by atoms with Crippen molar-refractivity contribution in [1.29, 1.82) is 0 Å². The molecule has 0 saturated carbocycles. The smallest absolute Gasteiger partial charge is 0.305 e. The molecule has 0 heterocycles. The molecule has 0 saturated heterocycles. The number of carbonyl (C=O) groups is 2. The van der Waals surface area contributed by atoms with Gasteiger partial charge in [0.25, 0.3) is 0 Å². The third-order valence-corrected chi connectivity index (χ3v) is 15.5. The van der Waals surface area contributed by atoms with Crippen LogP contribution in [0.25, 0.3) is 0 Å². The molecule has 0 aliphatic rings. The highest BCUT2D eigenvalue weighted by molar-refractivity contribution is 5.76. The van der Waals surface area contributed by atoms with Gasteiger partial charge in [-0.05, 0) is 57.8 Å². The molecule has 0 spiro atoms. The standard InChI is InChI=1S/C67H129NO5/c1-3-5-7-9-11-13-15-17-19-20-21-22-23-25-28-32-35-39-43-47-51-55-59-65(70)64(63-69)68-66(71)60-56-52-48-44-40-36-33-29-26-24-27-30-34-38-42-46-50-54-58-62-73-67(72)61-57-53-49-45-41-37-31-18-16-14-12-10-8-6-4-2/h18,31,55,59,64-65,69-70H,3-17,19-30,32-54,56-58,60-63H2,1-2H3,(H,68,71)/b31-18-,59-55+. The summed E-state index contributed by atoms with van der Waals surface area (Å²) in [6, 6.07) is -0.631. The van der Waals surface area contributed by atoms with Gasteiger partial charge in [0.05, 0.1) is 25.4 Å². The zero-order valence-electron chi connectivity index (χ0n) is 49.4. The number of amides is 1. The number of rotatable bonds is 62. The Morgan fingerprint density at radius 3 is 0.973 bits per heavy atom. The van der Waals surface area contributed by atoms with Crippen molar-refractivity contribution in [1.82, 2.24) is 5.32 Å². The predicted octanol–water partition coefficient (Wildman–Crippen LogP) is 21.0. The Hall–Kier alpha value is -1.66. The summed E-state index contributed by atoms with van der Waals surface area (Å²) in [5, 5.41) is 23.2. The first-order valence-electron chi connectivity index (χ1n) is 33.1. The lowest BCUT2D eigenvalue weighted by molar-refractivity contribution is -0.143. The van der Waals surface area contributed by atoms with E-state index in [1.807, 2.05) is 6.08 Å². The molecule has 0 aromatic carbocycles. The highest BCUT2D eigenvalue weighted by Crippen LogP contribution is 2.18. The summed E-state index contributed by atoms with van der Waals surface area (Å²) >= 11 is 0. The van der Waals surface area contributed by atoms with Gasteiger partial charge in [-0.1, -0.05) is 321 Å². The van der Waals surface area contributed by atoms with Crippen LogP contribution in [0, 0.1) is 0 Å². The number of aliphatic hydroxyl groups excluding tert-OH is 2. The number of unbranched alkanes of at least 4 members (excludes halogenated alkanes) is 49. The van der Waals surface area contributed by atoms with Gasteiger partial charge in [0.1, 0.15) is 0 Å². The second kappa shape index (κ2) is 62.9. The monoisotopic (exact) mass is 1030 g/mol. The van der Waals surface area contributed by atoms with E-state index < -0.39 is 12.1 Å². The topological polar surface area (TPSA) is 95.9 Å². The summed E-state index contributed by atoms with van der Waals surface area (Å²) in [5.74, 6) is -0.0661. The minimum atomic E-state index is -0.848. The van der Waals surface area contributed by atoms with Crippen molar-refractivity contribution in [3.63, 3.8) is 0 Å². The van der Waals surface area contributed by atoms with Crippen molar-refractivity contribution in [2.45, 2.75) is 379 Å². The van der Waals surface area contributed by atoms with E-state index >= 15 is 0 Å². The molecule has 6 heteroatoms. The van der Waals surface area contributed by atoms with Crippen LogP contribution in [-0.2, 0) is 14.3 Å². The van der Waals surface area contributed by atoms with Crippen molar-refractivity contribution in [3.05, 3.63) is 24.3 Å². The van der Waals surface area contributed by atoms with Crippen LogP contribution in [0.15, 0.2) is 24.3 Å². The summed E-state index contributed by atoms with van der Waals surface area (Å²) in [6.07, 6.45) is 78.0. The maximum atomic E-state index is 12.5. The second-order valence-electron chi connectivity index (χ2n) is 22.8. The first-order chi connectivity index (χ1) is 36.0. The van der Waals surface area contributed by atoms with Gasteiger partial charge >= 0.3 is 5.97 Å². The van der Waals surface area contributed by atoms with Crippen LogP contribution in [0.1, 0.15) is 367 Å². The Morgan fingerprint density at radius 1 is 0.370 bits per heavy atom. The van der Waals surface area contributed by atoms with Crippen LogP contribution in [0.5, 0.6) is 0 Å². The molecular weight excluding hydrogens is 899 g/mol. The quantitative estimate of drug-likeness (QED) is 0.0320. The summed E-state index contributed by atoms with van der Waals surface area (Å²) < 4.78 is 5.48. The van der Waals surface area contributed by atoms with Crippen LogP contribution in [0.2, 0.25) is 0 Å². The zero-order chi connectivity index (χ0) is 52.9. The molecule has 0 aliphatic carbocycles. The van der Waals surface area contributed by atoms with E-state index in [1.54, 1.807) is 6.08 Å². The minimum absolute atomic E-state index is 0.00115. The van der Waals surface area contributed by atoms with Crippen molar-refractivity contribution in [2.75, 3.05) is 13.2 Å². The maximum absolute atomic E-state index is 12.5. The van der Waals surface area contributed by atoms with Crippen LogP contribution < -0.4 is 5.32 Å². The molecule has 6 nitrogen and oxygen atoms in total. The molecule has 0 aromatic rings. The number of aliphatic hydroxyl groups is 2. The van der Waals surface area contributed by atoms with Gasteiger partial charge < -0.3 is 20.3 Å². The minimum Gasteiger partial charge on any atom is -0.466 e. The van der Waals surface area contributed by atoms with E-state index in [9.17, 15) is 19.8 Å². The lowest BCUT2D eigenvalue weighted by Gasteiger charge is -2.20. The number of hydrogen-bond donors (Lipinski definition) is 3. The molecule has 0 aromatic heterocycles. The Balaban J connectivity index is 3.43. The average molecular weight is 1030 g/mol. The van der Waals surface area contributed by atoms with E-state index in [1.165, 1.54) is 295 Å². The number of hydrogen-bond acceptors (Lipinski definition) is 5. The lowest BCUT2D eigenvalue weighted by Crippen LogP contribution is -2.45. The molecule has 1 amide bonds. The summed E-state index contributed by atoms with van der Waals surface area (Å²) in [6.45, 7) is 4.92. The molecule has 3 N–H and O–H groups in total. The van der Waals surface area contributed by atoms with Crippen molar-refractivity contribution < 1.29 is 24.5 Å². The van der Waals surface area contributed by atoms with Crippen LogP contribution in [0.4, 0.5) is 0 Å². The normalized spacial score (nSPS) is 12.7. The number of ether oxygens (including phenoxy) is 1. The molecule has 73 heavy (non-hydrogen) atoms. The van der Waals surface area contributed by atoms with Crippen LogP contribution >= 0.6 is 0 Å². The van der Waals surface area contributed by atoms with Crippen LogP contribution in [-0.4, -0.2) is 47.4 Å². The molecule has 0 radical (unpaired) electrons. The summed E-state index contributed by atoms with van der Waals surface area (Å²) in [4.78, 5) is 24.6. The molecule has 2 unspecified atom stereocenters. The Kier molecular flexibility index (Phi) is 61.4.